The van der Waals surface area contributed by atoms with E-state index in [1.54, 1.807) is 24.3 Å². The number of methoxy groups -OCH3 is 1. The van der Waals surface area contributed by atoms with Gasteiger partial charge in [-0.05, 0) is 18.6 Å². The average Bonchev–Trinajstić information content (AvgIpc) is 3.19. The van der Waals surface area contributed by atoms with Crippen LogP contribution in [0.2, 0.25) is 5.02 Å². The number of hydrogen-bond acceptors (Lipinski definition) is 7. The Labute approximate surface area is 164 Å². The Hall–Kier alpha value is -3.20. The van der Waals surface area contributed by atoms with Crippen LogP contribution in [0.15, 0.2) is 41.6 Å². The number of ether oxygens (including phenoxy) is 1. The standard InChI is InChI=1S/C18H17ClN6O3/c1-28-18(27)12-4-2-3-5-14(12)25-17(26)16(19)13(8-21-25)23-11-6-7-15-20-10-22-24(15)9-11/h2-5,8,10-11,23H,6-7,9H2,1H3. The maximum Gasteiger partial charge on any atom is 0.340 e. The Kier molecular flexibility index (Phi) is 4.82. The zero-order valence-corrected chi connectivity index (χ0v) is 15.8. The highest BCUT2D eigenvalue weighted by Gasteiger charge is 2.22. The minimum atomic E-state index is -0.562. The van der Waals surface area contributed by atoms with Crippen LogP contribution in [-0.2, 0) is 17.7 Å². The average molecular weight is 401 g/mol. The SMILES string of the molecule is COC(=O)c1ccccc1-n1ncc(NC2CCc3ncnn3C2)c(Cl)c1=O. The van der Waals surface area contributed by atoms with Gasteiger partial charge in [0.05, 0.1) is 36.8 Å². The highest BCUT2D eigenvalue weighted by molar-refractivity contribution is 6.33. The van der Waals surface area contributed by atoms with E-state index in [4.69, 9.17) is 16.3 Å². The van der Waals surface area contributed by atoms with Gasteiger partial charge in [-0.1, -0.05) is 23.7 Å². The highest BCUT2D eigenvalue weighted by Crippen LogP contribution is 2.22. The third-order valence-electron chi connectivity index (χ3n) is 4.62. The molecule has 0 saturated heterocycles. The van der Waals surface area contributed by atoms with Gasteiger partial charge in [0.2, 0.25) is 0 Å². The van der Waals surface area contributed by atoms with E-state index >= 15 is 0 Å². The summed E-state index contributed by atoms with van der Waals surface area (Å²) in [7, 11) is 1.28. The number of halogens is 1. The molecule has 1 N–H and O–H groups in total. The number of anilines is 1. The number of carbonyl (C=O) groups excluding carboxylic acids is 1. The van der Waals surface area contributed by atoms with E-state index in [0.29, 0.717) is 17.9 Å². The Morgan fingerprint density at radius 2 is 2.14 bits per heavy atom. The van der Waals surface area contributed by atoms with E-state index in [0.717, 1.165) is 23.3 Å². The lowest BCUT2D eigenvalue weighted by Crippen LogP contribution is -2.33. The molecule has 1 aliphatic rings. The molecule has 0 spiro atoms. The molecule has 1 aromatic carbocycles. The maximum absolute atomic E-state index is 12.8. The van der Waals surface area contributed by atoms with Crippen LogP contribution in [-0.4, -0.2) is 43.7 Å². The monoisotopic (exact) mass is 400 g/mol. The molecule has 10 heteroatoms. The molecule has 0 aliphatic carbocycles. The van der Waals surface area contributed by atoms with Crippen molar-refractivity contribution in [1.82, 2.24) is 24.5 Å². The van der Waals surface area contributed by atoms with Crippen molar-refractivity contribution in [1.29, 1.82) is 0 Å². The van der Waals surface area contributed by atoms with Crippen LogP contribution < -0.4 is 10.9 Å². The van der Waals surface area contributed by atoms with Crippen LogP contribution in [0.25, 0.3) is 5.69 Å². The number of fused-ring (bicyclic) bond motifs is 1. The predicted molar refractivity (Wildman–Crippen MR) is 102 cm³/mol. The molecule has 4 rings (SSSR count). The van der Waals surface area contributed by atoms with Crippen molar-refractivity contribution in [3.05, 3.63) is 63.6 Å². The molecule has 9 nitrogen and oxygen atoms in total. The molecule has 1 atom stereocenters. The molecular formula is C18H17ClN6O3. The summed E-state index contributed by atoms with van der Waals surface area (Å²) < 4.78 is 7.70. The van der Waals surface area contributed by atoms with Crippen LogP contribution in [0.3, 0.4) is 0 Å². The second-order valence-electron chi connectivity index (χ2n) is 6.34. The number of aromatic nitrogens is 5. The molecule has 3 aromatic rings. The van der Waals surface area contributed by atoms with Gasteiger partial charge in [0.1, 0.15) is 17.2 Å². The third kappa shape index (κ3) is 3.24. The van der Waals surface area contributed by atoms with Gasteiger partial charge in [0, 0.05) is 12.5 Å². The molecule has 1 unspecified atom stereocenters. The van der Waals surface area contributed by atoms with Gasteiger partial charge in [-0.25, -0.2) is 14.5 Å². The van der Waals surface area contributed by atoms with Gasteiger partial charge in [0.25, 0.3) is 5.56 Å². The predicted octanol–water partition coefficient (Wildman–Crippen LogP) is 1.69. The highest BCUT2D eigenvalue weighted by atomic mass is 35.5. The smallest absolute Gasteiger partial charge is 0.340 e. The minimum absolute atomic E-state index is 0.000874. The fraction of sp³-hybridized carbons (Fsp3) is 0.278. The van der Waals surface area contributed by atoms with Gasteiger partial charge in [0.15, 0.2) is 0 Å². The van der Waals surface area contributed by atoms with Crippen molar-refractivity contribution < 1.29 is 9.53 Å². The number of rotatable bonds is 4. The molecule has 28 heavy (non-hydrogen) atoms. The first-order valence-electron chi connectivity index (χ1n) is 8.67. The molecule has 1 aliphatic heterocycles. The van der Waals surface area contributed by atoms with Gasteiger partial charge >= 0.3 is 5.97 Å². The van der Waals surface area contributed by atoms with Crippen molar-refractivity contribution in [2.24, 2.45) is 0 Å². The summed E-state index contributed by atoms with van der Waals surface area (Å²) in [5.74, 6) is 0.380. The summed E-state index contributed by atoms with van der Waals surface area (Å²) in [5, 5.41) is 11.6. The third-order valence-corrected chi connectivity index (χ3v) is 4.99. The Bertz CT molecular complexity index is 1090. The van der Waals surface area contributed by atoms with Crippen LogP contribution in [0.5, 0.6) is 0 Å². The lowest BCUT2D eigenvalue weighted by molar-refractivity contribution is 0.0600. The molecule has 144 valence electrons. The number of benzene rings is 1. The number of hydrogen-bond donors (Lipinski definition) is 1. The molecule has 0 amide bonds. The van der Waals surface area contributed by atoms with Crippen molar-refractivity contribution in [2.45, 2.75) is 25.4 Å². The number of esters is 1. The number of para-hydroxylation sites is 1. The second kappa shape index (κ2) is 7.43. The maximum atomic E-state index is 12.8. The molecule has 0 saturated carbocycles. The summed E-state index contributed by atoms with van der Waals surface area (Å²) in [6, 6.07) is 6.60. The van der Waals surface area contributed by atoms with E-state index in [-0.39, 0.29) is 16.6 Å². The van der Waals surface area contributed by atoms with E-state index in [2.05, 4.69) is 20.5 Å². The number of aryl methyl sites for hydroxylation is 1. The largest absolute Gasteiger partial charge is 0.465 e. The Morgan fingerprint density at radius 3 is 2.96 bits per heavy atom. The molecule has 3 heterocycles. The van der Waals surface area contributed by atoms with Crippen molar-refractivity contribution in [2.75, 3.05) is 12.4 Å². The zero-order valence-electron chi connectivity index (χ0n) is 15.0. The van der Waals surface area contributed by atoms with Crippen LogP contribution in [0.1, 0.15) is 22.6 Å². The lowest BCUT2D eigenvalue weighted by atomic mass is 10.1. The molecule has 0 fully saturated rings. The van der Waals surface area contributed by atoms with Gasteiger partial charge in [-0.3, -0.25) is 4.79 Å². The topological polar surface area (TPSA) is 104 Å². The summed E-state index contributed by atoms with van der Waals surface area (Å²) in [4.78, 5) is 29.0. The Morgan fingerprint density at radius 1 is 1.32 bits per heavy atom. The van der Waals surface area contributed by atoms with Gasteiger partial charge in [-0.15, -0.1) is 0 Å². The van der Waals surface area contributed by atoms with Gasteiger partial charge in [-0.2, -0.15) is 14.9 Å². The first kappa shape index (κ1) is 18.2. The molecular weight excluding hydrogens is 384 g/mol. The number of nitrogens with one attached hydrogen (secondary N) is 1. The first-order valence-corrected chi connectivity index (χ1v) is 9.05. The molecule has 0 radical (unpaired) electrons. The minimum Gasteiger partial charge on any atom is -0.465 e. The van der Waals surface area contributed by atoms with Crippen LogP contribution in [0.4, 0.5) is 5.69 Å². The lowest BCUT2D eigenvalue weighted by Gasteiger charge is -2.24. The summed E-state index contributed by atoms with van der Waals surface area (Å²) in [6.07, 6.45) is 4.64. The van der Waals surface area contributed by atoms with Crippen molar-refractivity contribution >= 4 is 23.3 Å². The normalized spacial score (nSPS) is 15.7. The number of nitrogens with zero attached hydrogens (tertiary/aromatic N) is 5. The summed E-state index contributed by atoms with van der Waals surface area (Å²) >= 11 is 6.33. The number of carbonyl (C=O) groups is 1. The fourth-order valence-electron chi connectivity index (χ4n) is 3.22. The Balaban J connectivity index is 1.64. The molecule has 0 bridgehead atoms. The summed E-state index contributed by atoms with van der Waals surface area (Å²) in [6.45, 7) is 0.625. The fourth-order valence-corrected chi connectivity index (χ4v) is 3.40. The van der Waals surface area contributed by atoms with E-state index in [1.807, 2.05) is 4.68 Å². The van der Waals surface area contributed by atoms with Crippen LogP contribution >= 0.6 is 11.6 Å². The van der Waals surface area contributed by atoms with E-state index < -0.39 is 11.5 Å². The summed E-state index contributed by atoms with van der Waals surface area (Å²) in [5.41, 5.74) is 0.437. The quantitative estimate of drug-likeness (QED) is 0.664. The second-order valence-corrected chi connectivity index (χ2v) is 6.71. The van der Waals surface area contributed by atoms with E-state index in [1.165, 1.54) is 19.6 Å². The van der Waals surface area contributed by atoms with Crippen molar-refractivity contribution in [3.8, 4) is 5.69 Å². The first-order chi connectivity index (χ1) is 13.6. The van der Waals surface area contributed by atoms with E-state index in [9.17, 15) is 9.59 Å². The zero-order chi connectivity index (χ0) is 19.7. The van der Waals surface area contributed by atoms with Crippen LogP contribution in [0, 0.1) is 0 Å². The van der Waals surface area contributed by atoms with Gasteiger partial charge < -0.3 is 10.1 Å². The van der Waals surface area contributed by atoms with Crippen molar-refractivity contribution in [3.63, 3.8) is 0 Å². The molecule has 2 aromatic heterocycles.